The van der Waals surface area contributed by atoms with E-state index >= 15 is 0 Å². The molecule has 0 fully saturated rings. The highest BCUT2D eigenvalue weighted by atomic mass is 16.6. The normalized spacial score (nSPS) is 12.1. The Morgan fingerprint density at radius 3 is 0.817 bits per heavy atom. The number of rotatable bonds is 48. The van der Waals surface area contributed by atoms with Crippen molar-refractivity contribution in [1.82, 2.24) is 0 Å². The number of carbonyl (C=O) groups is 3. The first-order valence-corrected chi connectivity index (χ1v) is 26.7. The summed E-state index contributed by atoms with van der Waals surface area (Å²) >= 11 is 0. The van der Waals surface area contributed by atoms with Gasteiger partial charge in [-0.1, -0.05) is 259 Å². The van der Waals surface area contributed by atoms with Crippen molar-refractivity contribution in [3.05, 3.63) is 0 Å². The molecule has 0 aromatic heterocycles. The molecule has 0 aliphatic rings. The average Bonchev–Trinajstić information content (AvgIpc) is 3.22. The number of carbonyl (C=O) groups excluding carboxylic acids is 3. The fourth-order valence-corrected chi connectivity index (χ4v) is 8.17. The van der Waals surface area contributed by atoms with Crippen LogP contribution < -0.4 is 0 Å². The zero-order valence-corrected chi connectivity index (χ0v) is 41.1. The van der Waals surface area contributed by atoms with E-state index in [1.54, 1.807) is 0 Å². The van der Waals surface area contributed by atoms with Crippen molar-refractivity contribution in [1.29, 1.82) is 0 Å². The zero-order chi connectivity index (χ0) is 44.0. The average molecular weight is 849 g/mol. The number of ether oxygens (including phenoxy) is 3. The summed E-state index contributed by atoms with van der Waals surface area (Å²) in [6, 6.07) is 0. The van der Waals surface area contributed by atoms with Crippen molar-refractivity contribution < 1.29 is 28.6 Å². The van der Waals surface area contributed by atoms with E-state index in [-0.39, 0.29) is 31.1 Å². The lowest BCUT2D eigenvalue weighted by Crippen LogP contribution is -2.30. The highest BCUT2D eigenvalue weighted by molar-refractivity contribution is 5.71. The summed E-state index contributed by atoms with van der Waals surface area (Å²) in [5, 5.41) is 0. The molecule has 0 aliphatic carbocycles. The molecule has 1 atom stereocenters. The lowest BCUT2D eigenvalue weighted by atomic mass is 10.0. The molecule has 0 rings (SSSR count). The molecule has 0 aliphatic heterocycles. The molecular formula is C54H104O6. The molecule has 0 spiro atoms. The van der Waals surface area contributed by atoms with Gasteiger partial charge in [0, 0.05) is 19.3 Å². The van der Waals surface area contributed by atoms with Gasteiger partial charge >= 0.3 is 17.9 Å². The number of hydrogen-bond acceptors (Lipinski definition) is 6. The third-order valence-electron chi connectivity index (χ3n) is 12.2. The molecule has 60 heavy (non-hydrogen) atoms. The summed E-state index contributed by atoms with van der Waals surface area (Å²) in [7, 11) is 0. The Morgan fingerprint density at radius 1 is 0.317 bits per heavy atom. The minimum absolute atomic E-state index is 0.0636. The van der Waals surface area contributed by atoms with Crippen LogP contribution in [-0.2, 0) is 28.6 Å². The maximum atomic E-state index is 12.8. The second kappa shape index (κ2) is 46.9. The van der Waals surface area contributed by atoms with Crippen LogP contribution in [0.3, 0.4) is 0 Å². The van der Waals surface area contributed by atoms with Gasteiger partial charge in [-0.05, 0) is 31.1 Å². The molecule has 0 saturated carbocycles. The first-order valence-electron chi connectivity index (χ1n) is 26.7. The Labute approximate surface area is 374 Å². The van der Waals surface area contributed by atoms with Gasteiger partial charge in [-0.3, -0.25) is 14.4 Å². The summed E-state index contributed by atoms with van der Waals surface area (Å²) in [5.74, 6) is 0.787. The van der Waals surface area contributed by atoms with Gasteiger partial charge < -0.3 is 14.2 Å². The standard InChI is InChI=1S/C54H104O6/c1-6-7-8-9-10-11-12-13-14-15-16-19-24-29-34-39-44-52(55)58-47-51(48-59-53(56)45-40-35-30-26-21-23-28-33-38-43-50(4)5)60-54(57)46-41-36-31-25-20-17-18-22-27-32-37-42-49(2)3/h49-51H,6-48H2,1-5H3/t51-/m1/s1. The van der Waals surface area contributed by atoms with Gasteiger partial charge in [-0.25, -0.2) is 0 Å². The van der Waals surface area contributed by atoms with Gasteiger partial charge in [-0.2, -0.15) is 0 Å². The maximum absolute atomic E-state index is 12.8. The van der Waals surface area contributed by atoms with E-state index in [0.717, 1.165) is 69.6 Å². The van der Waals surface area contributed by atoms with Gasteiger partial charge in [0.1, 0.15) is 13.2 Å². The largest absolute Gasteiger partial charge is 0.462 e. The molecule has 0 saturated heterocycles. The predicted molar refractivity (Wildman–Crippen MR) is 256 cm³/mol. The van der Waals surface area contributed by atoms with Crippen LogP contribution in [0, 0.1) is 11.8 Å². The molecule has 0 radical (unpaired) electrons. The Bertz CT molecular complexity index is 916. The first-order chi connectivity index (χ1) is 29.2. The SMILES string of the molecule is CCCCCCCCCCCCCCCCCCC(=O)OC[C@H](COC(=O)CCCCCCCCCCCC(C)C)OC(=O)CCCCCCCCCCCCCC(C)C. The van der Waals surface area contributed by atoms with Crippen LogP contribution in [-0.4, -0.2) is 37.2 Å². The predicted octanol–water partition coefficient (Wildman–Crippen LogP) is 17.3. The molecule has 0 bridgehead atoms. The molecule has 0 N–H and O–H groups in total. The molecule has 0 unspecified atom stereocenters. The molecule has 0 aromatic carbocycles. The van der Waals surface area contributed by atoms with Gasteiger partial charge in [-0.15, -0.1) is 0 Å². The van der Waals surface area contributed by atoms with Gasteiger partial charge in [0.2, 0.25) is 0 Å². The lowest BCUT2D eigenvalue weighted by molar-refractivity contribution is -0.167. The number of hydrogen-bond donors (Lipinski definition) is 0. The Hall–Kier alpha value is -1.59. The Morgan fingerprint density at radius 2 is 0.550 bits per heavy atom. The van der Waals surface area contributed by atoms with E-state index in [1.807, 2.05) is 0 Å². The van der Waals surface area contributed by atoms with Crippen molar-refractivity contribution in [2.24, 2.45) is 11.8 Å². The van der Waals surface area contributed by atoms with Crippen molar-refractivity contribution >= 4 is 17.9 Å². The third kappa shape index (κ3) is 47.5. The van der Waals surface area contributed by atoms with Gasteiger partial charge in [0.25, 0.3) is 0 Å². The summed E-state index contributed by atoms with van der Waals surface area (Å²) in [4.78, 5) is 38.0. The highest BCUT2D eigenvalue weighted by Crippen LogP contribution is 2.17. The molecule has 6 heteroatoms. The third-order valence-corrected chi connectivity index (χ3v) is 12.2. The van der Waals surface area contributed by atoms with Crippen LogP contribution in [0.15, 0.2) is 0 Å². The summed E-state index contributed by atoms with van der Waals surface area (Å²) < 4.78 is 16.8. The molecular weight excluding hydrogens is 745 g/mol. The molecule has 356 valence electrons. The van der Waals surface area contributed by atoms with Crippen LogP contribution in [0.2, 0.25) is 0 Å². The Balaban J connectivity index is 4.30. The van der Waals surface area contributed by atoms with Gasteiger partial charge in [0.05, 0.1) is 0 Å². The fourth-order valence-electron chi connectivity index (χ4n) is 8.17. The highest BCUT2D eigenvalue weighted by Gasteiger charge is 2.19. The lowest BCUT2D eigenvalue weighted by Gasteiger charge is -2.18. The maximum Gasteiger partial charge on any atom is 0.306 e. The van der Waals surface area contributed by atoms with E-state index < -0.39 is 6.10 Å². The smallest absolute Gasteiger partial charge is 0.306 e. The molecule has 0 aromatic rings. The Kier molecular flexibility index (Phi) is 45.7. The zero-order valence-electron chi connectivity index (χ0n) is 41.1. The minimum Gasteiger partial charge on any atom is -0.462 e. The van der Waals surface area contributed by atoms with Crippen LogP contribution in [0.1, 0.15) is 298 Å². The fraction of sp³-hybridized carbons (Fsp3) is 0.944. The van der Waals surface area contributed by atoms with Gasteiger partial charge in [0.15, 0.2) is 6.10 Å². The second-order valence-corrected chi connectivity index (χ2v) is 19.5. The monoisotopic (exact) mass is 849 g/mol. The molecule has 0 amide bonds. The van der Waals surface area contributed by atoms with E-state index in [0.29, 0.717) is 19.3 Å². The van der Waals surface area contributed by atoms with Crippen LogP contribution >= 0.6 is 0 Å². The summed E-state index contributed by atoms with van der Waals surface area (Å²) in [6.07, 6.45) is 48.0. The number of unbranched alkanes of at least 4 members (excludes halogenated alkanes) is 33. The van der Waals surface area contributed by atoms with Crippen LogP contribution in [0.25, 0.3) is 0 Å². The van der Waals surface area contributed by atoms with Crippen LogP contribution in [0.4, 0.5) is 0 Å². The summed E-state index contributed by atoms with van der Waals surface area (Å²) in [6.45, 7) is 11.4. The van der Waals surface area contributed by atoms with Crippen molar-refractivity contribution in [2.75, 3.05) is 13.2 Å². The minimum atomic E-state index is -0.762. The topological polar surface area (TPSA) is 78.9 Å². The van der Waals surface area contributed by atoms with Crippen LogP contribution in [0.5, 0.6) is 0 Å². The van der Waals surface area contributed by atoms with Crippen molar-refractivity contribution in [2.45, 2.75) is 304 Å². The quantitative estimate of drug-likeness (QED) is 0.0345. The first kappa shape index (κ1) is 58.4. The van der Waals surface area contributed by atoms with E-state index in [1.165, 1.54) is 186 Å². The number of esters is 3. The summed E-state index contributed by atoms with van der Waals surface area (Å²) in [5.41, 5.74) is 0. The second-order valence-electron chi connectivity index (χ2n) is 19.5. The van der Waals surface area contributed by atoms with Crippen molar-refractivity contribution in [3.8, 4) is 0 Å². The van der Waals surface area contributed by atoms with E-state index in [2.05, 4.69) is 34.6 Å². The van der Waals surface area contributed by atoms with E-state index in [4.69, 9.17) is 14.2 Å². The molecule has 0 heterocycles. The van der Waals surface area contributed by atoms with E-state index in [9.17, 15) is 14.4 Å². The molecule has 6 nitrogen and oxygen atoms in total. The van der Waals surface area contributed by atoms with Crippen molar-refractivity contribution in [3.63, 3.8) is 0 Å².